The molecule has 1 unspecified atom stereocenters. The van der Waals surface area contributed by atoms with Gasteiger partial charge in [-0.2, -0.15) is 10.1 Å². The van der Waals surface area contributed by atoms with Crippen LogP contribution in [0, 0.1) is 6.92 Å². The van der Waals surface area contributed by atoms with Crippen molar-refractivity contribution in [1.82, 2.24) is 29.7 Å². The Hall–Kier alpha value is -2.22. The van der Waals surface area contributed by atoms with Crippen LogP contribution in [-0.2, 0) is 13.1 Å². The van der Waals surface area contributed by atoms with E-state index in [1.807, 2.05) is 15.8 Å². The van der Waals surface area contributed by atoms with Crippen molar-refractivity contribution in [2.75, 3.05) is 20.1 Å². The third kappa shape index (κ3) is 4.49. The van der Waals surface area contributed by atoms with Gasteiger partial charge in [0.1, 0.15) is 0 Å². The van der Waals surface area contributed by atoms with Crippen molar-refractivity contribution < 1.29 is 9.32 Å². The molecule has 3 rings (SSSR count). The van der Waals surface area contributed by atoms with E-state index in [9.17, 15) is 4.79 Å². The quantitative estimate of drug-likeness (QED) is 0.785. The lowest BCUT2D eigenvalue weighted by Crippen LogP contribution is -2.35. The first-order valence-electron chi connectivity index (χ1n) is 9.38. The molecule has 1 fully saturated rings. The molecule has 2 aromatic heterocycles. The van der Waals surface area contributed by atoms with Crippen LogP contribution < -0.4 is 0 Å². The highest BCUT2D eigenvalue weighted by molar-refractivity contribution is 5.93. The second-order valence-corrected chi connectivity index (χ2v) is 7.01. The fourth-order valence-corrected chi connectivity index (χ4v) is 3.49. The third-order valence-electron chi connectivity index (χ3n) is 4.90. The molecule has 8 heteroatoms. The third-order valence-corrected chi connectivity index (χ3v) is 4.90. The van der Waals surface area contributed by atoms with E-state index in [1.54, 1.807) is 13.1 Å². The van der Waals surface area contributed by atoms with E-state index in [4.69, 9.17) is 4.52 Å². The lowest BCUT2D eigenvalue weighted by atomic mass is 10.1. The second kappa shape index (κ2) is 8.44. The first-order valence-corrected chi connectivity index (χ1v) is 9.38. The van der Waals surface area contributed by atoms with Crippen molar-refractivity contribution >= 4 is 5.91 Å². The highest BCUT2D eigenvalue weighted by Gasteiger charge is 2.25. The van der Waals surface area contributed by atoms with Crippen molar-refractivity contribution in [1.29, 1.82) is 0 Å². The molecule has 8 nitrogen and oxygen atoms in total. The van der Waals surface area contributed by atoms with Crippen molar-refractivity contribution in [3.05, 3.63) is 29.7 Å². The Morgan fingerprint density at radius 2 is 2.23 bits per heavy atom. The lowest BCUT2D eigenvalue weighted by molar-refractivity contribution is 0.0757. The molecule has 0 N–H and O–H groups in total. The van der Waals surface area contributed by atoms with E-state index in [2.05, 4.69) is 34.1 Å². The van der Waals surface area contributed by atoms with Gasteiger partial charge in [-0.05, 0) is 32.7 Å². The fourth-order valence-electron chi connectivity index (χ4n) is 3.49. The summed E-state index contributed by atoms with van der Waals surface area (Å²) in [6, 6.07) is 0.412. The summed E-state index contributed by atoms with van der Waals surface area (Å²) < 4.78 is 6.89. The normalized spacial score (nSPS) is 18.3. The zero-order chi connectivity index (χ0) is 18.5. The number of hydrogen-bond acceptors (Lipinski definition) is 6. The van der Waals surface area contributed by atoms with Crippen LogP contribution in [0.25, 0.3) is 0 Å². The van der Waals surface area contributed by atoms with Crippen LogP contribution in [-0.4, -0.2) is 61.8 Å². The van der Waals surface area contributed by atoms with Crippen LogP contribution in [0.1, 0.15) is 54.7 Å². The second-order valence-electron chi connectivity index (χ2n) is 7.01. The molecule has 0 spiro atoms. The molecule has 1 aliphatic rings. The van der Waals surface area contributed by atoms with Crippen molar-refractivity contribution in [3.8, 4) is 0 Å². The molecular weight excluding hydrogens is 332 g/mol. The Kier molecular flexibility index (Phi) is 6.03. The Bertz CT molecular complexity index is 725. The maximum atomic E-state index is 12.8. The largest absolute Gasteiger partial charge is 0.340 e. The minimum absolute atomic E-state index is 0.0875. The number of likely N-dealkylation sites (tertiary alicyclic amines) is 1. The van der Waals surface area contributed by atoms with Gasteiger partial charge in [-0.3, -0.25) is 14.4 Å². The molecule has 142 valence electrons. The van der Waals surface area contributed by atoms with Crippen LogP contribution in [0.4, 0.5) is 0 Å². The van der Waals surface area contributed by atoms with Gasteiger partial charge in [0.2, 0.25) is 5.89 Å². The van der Waals surface area contributed by atoms with Gasteiger partial charge in [-0.1, -0.05) is 12.1 Å². The Balaban J connectivity index is 1.55. The summed E-state index contributed by atoms with van der Waals surface area (Å²) in [5.74, 6) is 1.39. The van der Waals surface area contributed by atoms with E-state index >= 15 is 0 Å². The highest BCUT2D eigenvalue weighted by atomic mass is 16.5. The molecule has 3 heterocycles. The zero-order valence-electron chi connectivity index (χ0n) is 15.9. The number of hydrogen-bond donors (Lipinski definition) is 0. The smallest absolute Gasteiger partial charge is 0.257 e. The number of nitrogens with zero attached hydrogens (tertiary/aromatic N) is 6. The van der Waals surface area contributed by atoms with Gasteiger partial charge in [-0.25, -0.2) is 0 Å². The van der Waals surface area contributed by atoms with Crippen LogP contribution in [0.15, 0.2) is 16.9 Å². The Morgan fingerprint density at radius 3 is 2.96 bits per heavy atom. The molecule has 2 aromatic rings. The summed E-state index contributed by atoms with van der Waals surface area (Å²) in [5.41, 5.74) is 0.688. The standard InChI is InChI=1S/C18H28N6O2/c1-4-8-24-12-15(11-19-24)18(25)23-9-5-6-16(7-10-23)22(3)13-17-20-14(2)26-21-17/h11-12,16H,4-10,13H2,1-3H3. The van der Waals surface area contributed by atoms with E-state index in [-0.39, 0.29) is 5.91 Å². The summed E-state index contributed by atoms with van der Waals surface area (Å²) in [5, 5.41) is 8.25. The minimum Gasteiger partial charge on any atom is -0.340 e. The fraction of sp³-hybridized carbons (Fsp3) is 0.667. The van der Waals surface area contributed by atoms with Crippen molar-refractivity contribution in [3.63, 3.8) is 0 Å². The predicted molar refractivity (Wildman–Crippen MR) is 96.6 cm³/mol. The number of aryl methyl sites for hydroxylation is 2. The Morgan fingerprint density at radius 1 is 1.38 bits per heavy atom. The molecule has 0 bridgehead atoms. The average Bonchev–Trinajstić information content (AvgIpc) is 3.16. The average molecular weight is 360 g/mol. The molecule has 1 amide bonds. The van der Waals surface area contributed by atoms with Gasteiger partial charge in [0.15, 0.2) is 5.82 Å². The summed E-state index contributed by atoms with van der Waals surface area (Å²) in [4.78, 5) is 21.3. The maximum Gasteiger partial charge on any atom is 0.257 e. The Labute approximate surface area is 154 Å². The van der Waals surface area contributed by atoms with Gasteiger partial charge < -0.3 is 9.42 Å². The van der Waals surface area contributed by atoms with Gasteiger partial charge in [0, 0.05) is 38.8 Å². The molecule has 0 saturated carbocycles. The summed E-state index contributed by atoms with van der Waals surface area (Å²) >= 11 is 0. The summed E-state index contributed by atoms with van der Waals surface area (Å²) in [6.07, 6.45) is 7.56. The molecule has 0 radical (unpaired) electrons. The zero-order valence-corrected chi connectivity index (χ0v) is 15.9. The van der Waals surface area contributed by atoms with Crippen molar-refractivity contribution in [2.24, 2.45) is 0 Å². The number of carbonyl (C=O) groups excluding carboxylic acids is 1. The van der Waals surface area contributed by atoms with Gasteiger partial charge >= 0.3 is 0 Å². The molecule has 26 heavy (non-hydrogen) atoms. The molecule has 1 aliphatic heterocycles. The van der Waals surface area contributed by atoms with E-state index in [1.165, 1.54) is 0 Å². The summed E-state index contributed by atoms with van der Waals surface area (Å²) in [6.45, 7) is 6.97. The van der Waals surface area contributed by atoms with Crippen LogP contribution in [0.3, 0.4) is 0 Å². The SMILES string of the molecule is CCCn1cc(C(=O)N2CCCC(N(C)Cc3noc(C)n3)CC2)cn1. The van der Waals surface area contributed by atoms with Crippen LogP contribution >= 0.6 is 0 Å². The van der Waals surface area contributed by atoms with E-state index in [0.717, 1.165) is 45.3 Å². The molecule has 0 aliphatic carbocycles. The molecule has 1 atom stereocenters. The van der Waals surface area contributed by atoms with Crippen LogP contribution in [0.5, 0.6) is 0 Å². The van der Waals surface area contributed by atoms with E-state index in [0.29, 0.717) is 29.9 Å². The molecule has 0 aromatic carbocycles. The number of aromatic nitrogens is 4. The number of carbonyl (C=O) groups is 1. The maximum absolute atomic E-state index is 12.8. The van der Waals surface area contributed by atoms with Crippen molar-refractivity contribution in [2.45, 2.75) is 58.7 Å². The topological polar surface area (TPSA) is 80.3 Å². The lowest BCUT2D eigenvalue weighted by Gasteiger charge is -2.26. The monoisotopic (exact) mass is 360 g/mol. The molecule has 1 saturated heterocycles. The van der Waals surface area contributed by atoms with Crippen LogP contribution in [0.2, 0.25) is 0 Å². The minimum atomic E-state index is 0.0875. The van der Waals surface area contributed by atoms with Gasteiger partial charge in [0.05, 0.1) is 18.3 Å². The number of rotatable bonds is 6. The first kappa shape index (κ1) is 18.6. The number of amides is 1. The van der Waals surface area contributed by atoms with Gasteiger partial charge in [-0.15, -0.1) is 0 Å². The predicted octanol–water partition coefficient (Wildman–Crippen LogP) is 2.11. The highest BCUT2D eigenvalue weighted by Crippen LogP contribution is 2.19. The molecular formula is C18H28N6O2. The van der Waals surface area contributed by atoms with Gasteiger partial charge in [0.25, 0.3) is 5.91 Å². The first-order chi connectivity index (χ1) is 12.6. The summed E-state index contributed by atoms with van der Waals surface area (Å²) in [7, 11) is 2.09. The van der Waals surface area contributed by atoms with E-state index < -0.39 is 0 Å².